The third-order valence-electron chi connectivity index (χ3n) is 3.06. The predicted octanol–water partition coefficient (Wildman–Crippen LogP) is 1.17. The molecule has 7 nitrogen and oxygen atoms in total. The summed E-state index contributed by atoms with van der Waals surface area (Å²) in [6.45, 7) is 6.09. The average Bonchev–Trinajstić information content (AvgIpc) is 2.71. The van der Waals surface area contributed by atoms with Crippen molar-refractivity contribution in [3.05, 3.63) is 23.0 Å². The molecule has 5 N–H and O–H groups in total. The van der Waals surface area contributed by atoms with E-state index in [0.717, 1.165) is 30.1 Å². The predicted molar refractivity (Wildman–Crippen MR) is 73.5 cm³/mol. The van der Waals surface area contributed by atoms with Crippen molar-refractivity contribution in [2.24, 2.45) is 0 Å². The molecule has 2 rings (SSSR count). The first-order valence-corrected chi connectivity index (χ1v) is 6.37. The van der Waals surface area contributed by atoms with Crippen LogP contribution in [0.3, 0.4) is 0 Å². The molecule has 0 aliphatic rings. The number of anilines is 2. The summed E-state index contributed by atoms with van der Waals surface area (Å²) in [6, 6.07) is 0. The average molecular weight is 261 g/mol. The fourth-order valence-electron chi connectivity index (χ4n) is 2.14. The summed E-state index contributed by atoms with van der Waals surface area (Å²) in [5.74, 6) is 1.84. The minimum atomic E-state index is 0.000370. The molecule has 102 valence electrons. The van der Waals surface area contributed by atoms with E-state index in [2.05, 4.69) is 38.8 Å². The van der Waals surface area contributed by atoms with Gasteiger partial charge in [0, 0.05) is 12.1 Å². The van der Waals surface area contributed by atoms with Gasteiger partial charge in [0.2, 0.25) is 11.9 Å². The van der Waals surface area contributed by atoms with Gasteiger partial charge in [-0.1, -0.05) is 13.8 Å². The van der Waals surface area contributed by atoms with Crippen molar-refractivity contribution in [2.75, 3.05) is 11.5 Å². The molecule has 0 amide bonds. The molecule has 0 saturated carbocycles. The van der Waals surface area contributed by atoms with Gasteiger partial charge in [-0.25, -0.2) is 4.98 Å². The first-order valence-electron chi connectivity index (χ1n) is 6.37. The van der Waals surface area contributed by atoms with Crippen LogP contribution in [0.4, 0.5) is 11.9 Å². The highest BCUT2D eigenvalue weighted by Crippen LogP contribution is 2.27. The largest absolute Gasteiger partial charge is 0.368 e. The van der Waals surface area contributed by atoms with Crippen molar-refractivity contribution in [3.8, 4) is 0 Å². The SMILES string of the molecule is CCc1nc(C)c(C(CC)c2nc(N)nc(N)n2)[nH]1. The molecular formula is C12H19N7. The molecule has 0 bridgehead atoms. The van der Waals surface area contributed by atoms with Crippen molar-refractivity contribution < 1.29 is 0 Å². The number of hydrogen-bond acceptors (Lipinski definition) is 6. The van der Waals surface area contributed by atoms with Crippen LogP contribution in [0.15, 0.2) is 0 Å². The molecule has 0 saturated heterocycles. The molecule has 0 spiro atoms. The lowest BCUT2D eigenvalue weighted by Crippen LogP contribution is -2.12. The highest BCUT2D eigenvalue weighted by atomic mass is 15.1. The van der Waals surface area contributed by atoms with Gasteiger partial charge in [-0.05, 0) is 13.3 Å². The van der Waals surface area contributed by atoms with Crippen LogP contribution in [0.1, 0.15) is 49.2 Å². The number of rotatable bonds is 4. The Balaban J connectivity index is 2.46. The van der Waals surface area contributed by atoms with E-state index < -0.39 is 0 Å². The van der Waals surface area contributed by atoms with Gasteiger partial charge in [-0.15, -0.1) is 0 Å². The van der Waals surface area contributed by atoms with Crippen molar-refractivity contribution in [2.45, 2.75) is 39.5 Å². The number of aromatic amines is 1. The van der Waals surface area contributed by atoms with Gasteiger partial charge in [0.15, 0.2) is 0 Å². The number of nitrogens with one attached hydrogen (secondary N) is 1. The standard InChI is InChI=1S/C12H19N7/c1-4-7(9-6(3)15-8(5-2)16-9)10-17-11(13)19-12(14)18-10/h7H,4-5H2,1-3H3,(H,15,16)(H4,13,14,17,18,19). The van der Waals surface area contributed by atoms with E-state index in [1.165, 1.54) is 0 Å². The Hall–Kier alpha value is -2.18. The minimum Gasteiger partial charge on any atom is -0.368 e. The molecule has 19 heavy (non-hydrogen) atoms. The number of imidazole rings is 1. The van der Waals surface area contributed by atoms with Gasteiger partial charge in [0.1, 0.15) is 11.6 Å². The van der Waals surface area contributed by atoms with Crippen LogP contribution in [0.5, 0.6) is 0 Å². The molecule has 0 radical (unpaired) electrons. The van der Waals surface area contributed by atoms with E-state index in [-0.39, 0.29) is 17.8 Å². The summed E-state index contributed by atoms with van der Waals surface area (Å²) < 4.78 is 0. The van der Waals surface area contributed by atoms with Crippen LogP contribution in [0.25, 0.3) is 0 Å². The summed E-state index contributed by atoms with van der Waals surface area (Å²) in [6.07, 6.45) is 1.69. The maximum Gasteiger partial charge on any atom is 0.225 e. The van der Waals surface area contributed by atoms with Crippen molar-refractivity contribution in [1.82, 2.24) is 24.9 Å². The van der Waals surface area contributed by atoms with Gasteiger partial charge in [-0.3, -0.25) is 0 Å². The summed E-state index contributed by atoms with van der Waals surface area (Å²) >= 11 is 0. The van der Waals surface area contributed by atoms with E-state index in [1.54, 1.807) is 0 Å². The molecule has 0 fully saturated rings. The van der Waals surface area contributed by atoms with E-state index in [1.807, 2.05) is 6.92 Å². The number of nitrogen functional groups attached to an aromatic ring is 2. The van der Waals surface area contributed by atoms with Crippen LogP contribution in [-0.4, -0.2) is 24.9 Å². The summed E-state index contributed by atoms with van der Waals surface area (Å²) in [5, 5.41) is 0. The Morgan fingerprint density at radius 1 is 1.05 bits per heavy atom. The fraction of sp³-hybridized carbons (Fsp3) is 0.500. The Labute approximate surface area is 111 Å². The molecule has 1 atom stereocenters. The van der Waals surface area contributed by atoms with Gasteiger partial charge in [0.05, 0.1) is 11.6 Å². The fourth-order valence-corrected chi connectivity index (χ4v) is 2.14. The number of hydrogen-bond donors (Lipinski definition) is 3. The number of H-pyrrole nitrogens is 1. The van der Waals surface area contributed by atoms with Crippen LogP contribution < -0.4 is 11.5 Å². The second-order valence-corrected chi connectivity index (χ2v) is 4.41. The third kappa shape index (κ3) is 2.64. The molecule has 7 heteroatoms. The van der Waals surface area contributed by atoms with Gasteiger partial charge < -0.3 is 16.5 Å². The van der Waals surface area contributed by atoms with E-state index in [9.17, 15) is 0 Å². The maximum absolute atomic E-state index is 5.63. The van der Waals surface area contributed by atoms with Gasteiger partial charge in [0.25, 0.3) is 0 Å². The highest BCUT2D eigenvalue weighted by Gasteiger charge is 2.21. The monoisotopic (exact) mass is 261 g/mol. The molecule has 2 heterocycles. The van der Waals surface area contributed by atoms with Crippen molar-refractivity contribution >= 4 is 11.9 Å². The lowest BCUT2D eigenvalue weighted by Gasteiger charge is -2.13. The lowest BCUT2D eigenvalue weighted by atomic mass is 10.00. The number of nitrogens with two attached hydrogens (primary N) is 2. The lowest BCUT2D eigenvalue weighted by molar-refractivity contribution is 0.690. The quantitative estimate of drug-likeness (QED) is 0.760. The topological polar surface area (TPSA) is 119 Å². The molecule has 0 aliphatic heterocycles. The third-order valence-corrected chi connectivity index (χ3v) is 3.06. The first kappa shape index (κ1) is 13.3. The molecule has 0 aromatic carbocycles. The Morgan fingerprint density at radius 2 is 1.68 bits per heavy atom. The van der Waals surface area contributed by atoms with Crippen LogP contribution in [0, 0.1) is 6.92 Å². The zero-order valence-electron chi connectivity index (χ0n) is 11.4. The molecule has 2 aromatic heterocycles. The Kier molecular flexibility index (Phi) is 3.64. The van der Waals surface area contributed by atoms with Crippen LogP contribution in [0.2, 0.25) is 0 Å². The number of nitrogens with zero attached hydrogens (tertiary/aromatic N) is 4. The second-order valence-electron chi connectivity index (χ2n) is 4.41. The highest BCUT2D eigenvalue weighted by molar-refractivity contribution is 5.31. The van der Waals surface area contributed by atoms with E-state index in [0.29, 0.717) is 5.82 Å². The minimum absolute atomic E-state index is 0.000370. The molecule has 2 aromatic rings. The smallest absolute Gasteiger partial charge is 0.225 e. The normalized spacial score (nSPS) is 12.6. The molecule has 1 unspecified atom stereocenters. The second kappa shape index (κ2) is 5.21. The van der Waals surface area contributed by atoms with Crippen molar-refractivity contribution in [3.63, 3.8) is 0 Å². The van der Waals surface area contributed by atoms with Crippen LogP contribution in [-0.2, 0) is 6.42 Å². The Bertz CT molecular complexity index is 555. The summed E-state index contributed by atoms with van der Waals surface area (Å²) in [7, 11) is 0. The molecular weight excluding hydrogens is 242 g/mol. The summed E-state index contributed by atoms with van der Waals surface area (Å²) in [5.41, 5.74) is 13.2. The first-order chi connectivity index (χ1) is 9.05. The molecule has 0 aliphatic carbocycles. The van der Waals surface area contributed by atoms with E-state index >= 15 is 0 Å². The van der Waals surface area contributed by atoms with Gasteiger partial charge in [-0.2, -0.15) is 15.0 Å². The van der Waals surface area contributed by atoms with E-state index in [4.69, 9.17) is 11.5 Å². The van der Waals surface area contributed by atoms with Crippen LogP contribution >= 0.6 is 0 Å². The maximum atomic E-state index is 5.63. The zero-order chi connectivity index (χ0) is 14.0. The Morgan fingerprint density at radius 3 is 2.16 bits per heavy atom. The summed E-state index contributed by atoms with van der Waals surface area (Å²) in [4.78, 5) is 20.0. The van der Waals surface area contributed by atoms with Crippen molar-refractivity contribution in [1.29, 1.82) is 0 Å². The van der Waals surface area contributed by atoms with Gasteiger partial charge >= 0.3 is 0 Å². The number of aryl methyl sites for hydroxylation is 2. The zero-order valence-corrected chi connectivity index (χ0v) is 11.4. The number of aromatic nitrogens is 5.